The van der Waals surface area contributed by atoms with Crippen LogP contribution in [-0.4, -0.2) is 11.0 Å². The van der Waals surface area contributed by atoms with Crippen LogP contribution in [0.4, 0.5) is 19.0 Å². The van der Waals surface area contributed by atoms with E-state index in [1.54, 1.807) is 12.3 Å². The molecule has 0 bridgehead atoms. The molecule has 124 valence electrons. The first-order valence-electron chi connectivity index (χ1n) is 7.44. The minimum atomic E-state index is -4.29. The lowest BCUT2D eigenvalue weighted by Crippen LogP contribution is -2.26. The number of nitrogens with one attached hydrogen (secondary N) is 1. The molecule has 0 saturated carbocycles. The molecule has 1 aromatic carbocycles. The Morgan fingerprint density at radius 1 is 1.09 bits per heavy atom. The number of rotatable bonds is 6. The SMILES string of the molecule is CC(CCc1ccc(N)nc1)NCc1ccc(C(F)(F)F)cc1. The molecule has 0 saturated heterocycles. The van der Waals surface area contributed by atoms with Crippen molar-refractivity contribution < 1.29 is 13.2 Å². The van der Waals surface area contributed by atoms with E-state index >= 15 is 0 Å². The molecule has 1 unspecified atom stereocenters. The highest BCUT2D eigenvalue weighted by Gasteiger charge is 2.29. The first kappa shape index (κ1) is 17.3. The van der Waals surface area contributed by atoms with Gasteiger partial charge < -0.3 is 11.1 Å². The van der Waals surface area contributed by atoms with Gasteiger partial charge in [-0.25, -0.2) is 4.98 Å². The average Bonchev–Trinajstić information content (AvgIpc) is 2.52. The molecular formula is C17H20F3N3. The Morgan fingerprint density at radius 3 is 2.30 bits per heavy atom. The van der Waals surface area contributed by atoms with Crippen molar-refractivity contribution in [3.05, 3.63) is 59.3 Å². The number of pyridine rings is 1. The van der Waals surface area contributed by atoms with E-state index in [-0.39, 0.29) is 6.04 Å². The van der Waals surface area contributed by atoms with Gasteiger partial charge in [-0.3, -0.25) is 0 Å². The molecule has 3 N–H and O–H groups in total. The highest BCUT2D eigenvalue weighted by molar-refractivity contribution is 5.29. The third-order valence-corrected chi connectivity index (χ3v) is 3.65. The Hall–Kier alpha value is -2.08. The van der Waals surface area contributed by atoms with Gasteiger partial charge >= 0.3 is 6.18 Å². The second kappa shape index (κ2) is 7.46. The summed E-state index contributed by atoms with van der Waals surface area (Å²) in [4.78, 5) is 4.04. The maximum Gasteiger partial charge on any atom is 0.416 e. The molecule has 2 aromatic rings. The molecular weight excluding hydrogens is 303 g/mol. The van der Waals surface area contributed by atoms with Crippen LogP contribution in [0.5, 0.6) is 0 Å². The van der Waals surface area contributed by atoms with E-state index in [0.29, 0.717) is 12.4 Å². The highest BCUT2D eigenvalue weighted by Crippen LogP contribution is 2.29. The first-order chi connectivity index (χ1) is 10.8. The number of hydrogen-bond acceptors (Lipinski definition) is 3. The van der Waals surface area contributed by atoms with E-state index in [2.05, 4.69) is 17.2 Å². The fourth-order valence-electron chi connectivity index (χ4n) is 2.17. The summed E-state index contributed by atoms with van der Waals surface area (Å²) in [5.74, 6) is 0.502. The van der Waals surface area contributed by atoms with Crippen LogP contribution in [0.1, 0.15) is 30.0 Å². The lowest BCUT2D eigenvalue weighted by atomic mass is 10.1. The molecule has 6 heteroatoms. The monoisotopic (exact) mass is 323 g/mol. The van der Waals surface area contributed by atoms with Crippen LogP contribution in [0.3, 0.4) is 0 Å². The Morgan fingerprint density at radius 2 is 1.74 bits per heavy atom. The minimum absolute atomic E-state index is 0.245. The first-order valence-corrected chi connectivity index (χ1v) is 7.44. The standard InChI is InChI=1S/C17H20F3N3/c1-12(2-3-13-6-9-16(21)23-11-13)22-10-14-4-7-15(8-5-14)17(18,19)20/h4-9,11-12,22H,2-3,10H2,1H3,(H2,21,23). The van der Waals surface area contributed by atoms with Gasteiger partial charge in [0.15, 0.2) is 0 Å². The highest BCUT2D eigenvalue weighted by atomic mass is 19.4. The van der Waals surface area contributed by atoms with Crippen LogP contribution in [-0.2, 0) is 19.1 Å². The van der Waals surface area contributed by atoms with E-state index < -0.39 is 11.7 Å². The van der Waals surface area contributed by atoms with E-state index in [0.717, 1.165) is 36.1 Å². The molecule has 0 aliphatic heterocycles. The van der Waals surface area contributed by atoms with Crippen LogP contribution >= 0.6 is 0 Å². The van der Waals surface area contributed by atoms with Gasteiger partial charge in [-0.05, 0) is 49.1 Å². The van der Waals surface area contributed by atoms with E-state index in [1.165, 1.54) is 12.1 Å². The van der Waals surface area contributed by atoms with Gasteiger partial charge in [0.1, 0.15) is 5.82 Å². The van der Waals surface area contributed by atoms with Crippen molar-refractivity contribution in [2.45, 2.75) is 38.5 Å². The van der Waals surface area contributed by atoms with Crippen molar-refractivity contribution >= 4 is 5.82 Å². The molecule has 1 atom stereocenters. The predicted octanol–water partition coefficient (Wildman–Crippen LogP) is 3.79. The summed E-state index contributed by atoms with van der Waals surface area (Å²) < 4.78 is 37.5. The van der Waals surface area contributed by atoms with Gasteiger partial charge in [0.2, 0.25) is 0 Å². The average molecular weight is 323 g/mol. The van der Waals surface area contributed by atoms with Gasteiger partial charge in [-0.15, -0.1) is 0 Å². The topological polar surface area (TPSA) is 50.9 Å². The lowest BCUT2D eigenvalue weighted by Gasteiger charge is -2.14. The van der Waals surface area contributed by atoms with Crippen LogP contribution < -0.4 is 11.1 Å². The van der Waals surface area contributed by atoms with E-state index in [4.69, 9.17) is 5.73 Å². The van der Waals surface area contributed by atoms with Gasteiger partial charge in [0, 0.05) is 18.8 Å². The zero-order valence-electron chi connectivity index (χ0n) is 12.9. The Balaban J connectivity index is 1.77. The number of alkyl halides is 3. The fraction of sp³-hybridized carbons (Fsp3) is 0.353. The molecule has 0 fully saturated rings. The summed E-state index contributed by atoms with van der Waals surface area (Å²) in [6, 6.07) is 9.21. The van der Waals surface area contributed by atoms with Gasteiger partial charge in [0.05, 0.1) is 5.56 Å². The maximum absolute atomic E-state index is 12.5. The van der Waals surface area contributed by atoms with Crippen molar-refractivity contribution in [2.24, 2.45) is 0 Å². The maximum atomic E-state index is 12.5. The van der Waals surface area contributed by atoms with Crippen LogP contribution in [0.25, 0.3) is 0 Å². The molecule has 0 spiro atoms. The smallest absolute Gasteiger partial charge is 0.384 e. The van der Waals surface area contributed by atoms with Crippen molar-refractivity contribution in [2.75, 3.05) is 5.73 Å². The summed E-state index contributed by atoms with van der Waals surface area (Å²) in [6.07, 6.45) is -0.745. The van der Waals surface area contributed by atoms with Gasteiger partial charge in [0.25, 0.3) is 0 Å². The molecule has 0 radical (unpaired) electrons. The van der Waals surface area contributed by atoms with E-state index in [9.17, 15) is 13.2 Å². The fourth-order valence-corrected chi connectivity index (χ4v) is 2.17. The zero-order chi connectivity index (χ0) is 16.9. The molecule has 3 nitrogen and oxygen atoms in total. The quantitative estimate of drug-likeness (QED) is 0.850. The number of nitrogens with two attached hydrogens (primary N) is 1. The summed E-state index contributed by atoms with van der Waals surface area (Å²) in [6.45, 7) is 2.59. The number of aryl methyl sites for hydroxylation is 1. The normalized spacial score (nSPS) is 13.0. The van der Waals surface area contributed by atoms with E-state index in [1.807, 2.05) is 6.07 Å². The number of hydrogen-bond donors (Lipinski definition) is 2. The second-order valence-corrected chi connectivity index (χ2v) is 5.61. The van der Waals surface area contributed by atoms with Crippen molar-refractivity contribution in [1.29, 1.82) is 0 Å². The summed E-state index contributed by atoms with van der Waals surface area (Å²) in [7, 11) is 0. The number of anilines is 1. The number of halogens is 3. The van der Waals surface area contributed by atoms with Crippen LogP contribution in [0.15, 0.2) is 42.6 Å². The molecule has 1 heterocycles. The Labute approximate surface area is 133 Å². The molecule has 0 amide bonds. The number of nitrogen functional groups attached to an aromatic ring is 1. The zero-order valence-corrected chi connectivity index (χ0v) is 12.9. The third-order valence-electron chi connectivity index (χ3n) is 3.65. The molecule has 1 aromatic heterocycles. The molecule has 0 aliphatic carbocycles. The number of aromatic nitrogens is 1. The summed E-state index contributed by atoms with van der Waals surface area (Å²) in [5.41, 5.74) is 6.86. The Kier molecular flexibility index (Phi) is 5.60. The third kappa shape index (κ3) is 5.56. The van der Waals surface area contributed by atoms with Crippen LogP contribution in [0.2, 0.25) is 0 Å². The molecule has 2 rings (SSSR count). The van der Waals surface area contributed by atoms with Gasteiger partial charge in [-0.2, -0.15) is 13.2 Å². The summed E-state index contributed by atoms with van der Waals surface area (Å²) >= 11 is 0. The minimum Gasteiger partial charge on any atom is -0.384 e. The second-order valence-electron chi connectivity index (χ2n) is 5.61. The van der Waals surface area contributed by atoms with Crippen molar-refractivity contribution in [1.82, 2.24) is 10.3 Å². The number of benzene rings is 1. The lowest BCUT2D eigenvalue weighted by molar-refractivity contribution is -0.137. The molecule has 23 heavy (non-hydrogen) atoms. The number of nitrogens with zero attached hydrogens (tertiary/aromatic N) is 1. The van der Waals surface area contributed by atoms with Gasteiger partial charge in [-0.1, -0.05) is 18.2 Å². The largest absolute Gasteiger partial charge is 0.416 e. The predicted molar refractivity (Wildman–Crippen MR) is 84.7 cm³/mol. The molecule has 0 aliphatic rings. The van der Waals surface area contributed by atoms with Crippen LogP contribution in [0, 0.1) is 0 Å². The Bertz CT molecular complexity index is 606. The van der Waals surface area contributed by atoms with Crippen molar-refractivity contribution in [3.63, 3.8) is 0 Å². The van der Waals surface area contributed by atoms with Crippen molar-refractivity contribution in [3.8, 4) is 0 Å². The summed E-state index contributed by atoms with van der Waals surface area (Å²) in [5, 5.41) is 3.31.